The Kier molecular flexibility index (Phi) is 4.10. The number of nitrogens with two attached hydrogens (primary N) is 1. The third kappa shape index (κ3) is 2.80. The highest BCUT2D eigenvalue weighted by Crippen LogP contribution is 2.27. The molecule has 1 aromatic heterocycles. The van der Waals surface area contributed by atoms with Crippen LogP contribution in [-0.2, 0) is 0 Å². The molecule has 1 atom stereocenters. The van der Waals surface area contributed by atoms with Crippen molar-refractivity contribution in [2.24, 2.45) is 5.73 Å². The smallest absolute Gasteiger partial charge is 0.253 e. The number of nitrogens with one attached hydrogen (secondary N) is 1. The first-order valence-corrected chi connectivity index (χ1v) is 5.92. The summed E-state index contributed by atoms with van der Waals surface area (Å²) in [4.78, 5) is 12.8. The minimum atomic E-state index is -0.0702. The maximum absolute atomic E-state index is 11.7. The zero-order valence-electron chi connectivity index (χ0n) is 8.13. The van der Waals surface area contributed by atoms with Gasteiger partial charge in [0.1, 0.15) is 0 Å². The van der Waals surface area contributed by atoms with E-state index in [-0.39, 0.29) is 11.9 Å². The van der Waals surface area contributed by atoms with Gasteiger partial charge in [-0.25, -0.2) is 0 Å². The summed E-state index contributed by atoms with van der Waals surface area (Å²) in [5.74, 6) is -0.0702. The summed E-state index contributed by atoms with van der Waals surface area (Å²) in [5, 5.41) is 2.81. The van der Waals surface area contributed by atoms with Gasteiger partial charge in [-0.1, -0.05) is 0 Å². The zero-order valence-corrected chi connectivity index (χ0v) is 10.5. The van der Waals surface area contributed by atoms with Crippen LogP contribution in [-0.4, -0.2) is 18.5 Å². The van der Waals surface area contributed by atoms with Gasteiger partial charge in [0, 0.05) is 17.5 Å². The molecular formula is C9H13BrN2OS. The van der Waals surface area contributed by atoms with E-state index in [0.717, 1.165) is 8.66 Å². The Morgan fingerprint density at radius 3 is 2.86 bits per heavy atom. The lowest BCUT2D eigenvalue weighted by atomic mass is 10.2. The van der Waals surface area contributed by atoms with Gasteiger partial charge in [0.05, 0.1) is 9.35 Å². The number of rotatable bonds is 3. The molecule has 0 aliphatic heterocycles. The molecule has 0 saturated carbocycles. The molecule has 0 saturated heterocycles. The molecule has 3 N–H and O–H groups in total. The maximum Gasteiger partial charge on any atom is 0.253 e. The van der Waals surface area contributed by atoms with E-state index in [2.05, 4.69) is 21.2 Å². The number of hydrogen-bond acceptors (Lipinski definition) is 3. The molecular weight excluding hydrogens is 264 g/mol. The van der Waals surface area contributed by atoms with Crippen molar-refractivity contribution in [2.45, 2.75) is 19.9 Å². The van der Waals surface area contributed by atoms with Gasteiger partial charge < -0.3 is 11.1 Å². The topological polar surface area (TPSA) is 55.1 Å². The summed E-state index contributed by atoms with van der Waals surface area (Å²) in [6.45, 7) is 4.30. The lowest BCUT2D eigenvalue weighted by molar-refractivity contribution is 0.0941. The first-order chi connectivity index (χ1) is 6.54. The van der Waals surface area contributed by atoms with Crippen molar-refractivity contribution >= 4 is 33.2 Å². The number of carbonyl (C=O) groups excluding carboxylic acids is 1. The van der Waals surface area contributed by atoms with Crippen LogP contribution in [0.15, 0.2) is 9.85 Å². The summed E-state index contributed by atoms with van der Waals surface area (Å²) in [7, 11) is 0. The third-order valence-corrected chi connectivity index (χ3v) is 3.54. The van der Waals surface area contributed by atoms with Crippen LogP contribution in [0.5, 0.6) is 0 Å². The normalized spacial score (nSPS) is 12.6. The predicted octanol–water partition coefficient (Wildman–Crippen LogP) is 1.90. The number of amides is 1. The Labute approximate surface area is 95.8 Å². The van der Waals surface area contributed by atoms with Crippen LogP contribution in [0.1, 0.15) is 22.2 Å². The van der Waals surface area contributed by atoms with Crippen LogP contribution in [0.25, 0.3) is 0 Å². The predicted molar refractivity (Wildman–Crippen MR) is 62.7 cm³/mol. The summed E-state index contributed by atoms with van der Waals surface area (Å²) >= 11 is 4.91. The summed E-state index contributed by atoms with van der Waals surface area (Å²) < 4.78 is 0.872. The van der Waals surface area contributed by atoms with E-state index in [1.165, 1.54) is 0 Å². The van der Waals surface area contributed by atoms with Crippen molar-refractivity contribution in [3.05, 3.63) is 20.3 Å². The molecule has 0 aromatic carbocycles. The highest BCUT2D eigenvalue weighted by Gasteiger charge is 2.14. The highest BCUT2D eigenvalue weighted by atomic mass is 79.9. The Morgan fingerprint density at radius 1 is 1.79 bits per heavy atom. The molecule has 0 aliphatic rings. The minimum Gasteiger partial charge on any atom is -0.348 e. The Hall–Kier alpha value is -0.390. The summed E-state index contributed by atoms with van der Waals surface area (Å²) in [5.41, 5.74) is 6.11. The molecule has 0 unspecified atom stereocenters. The van der Waals surface area contributed by atoms with E-state index in [4.69, 9.17) is 5.73 Å². The Bertz CT molecular complexity index is 338. The lowest BCUT2D eigenvalue weighted by Gasteiger charge is -2.10. The molecule has 0 bridgehead atoms. The summed E-state index contributed by atoms with van der Waals surface area (Å²) in [6, 6.07) is 1.88. The molecule has 1 heterocycles. The second kappa shape index (κ2) is 4.91. The fraction of sp³-hybridized carbons (Fsp3) is 0.444. The van der Waals surface area contributed by atoms with Crippen molar-refractivity contribution in [1.29, 1.82) is 0 Å². The first-order valence-electron chi connectivity index (χ1n) is 4.31. The van der Waals surface area contributed by atoms with E-state index < -0.39 is 0 Å². The second-order valence-corrected chi connectivity index (χ2v) is 5.73. The molecule has 3 nitrogen and oxygen atoms in total. The molecule has 1 amide bonds. The van der Waals surface area contributed by atoms with E-state index in [0.29, 0.717) is 12.1 Å². The molecule has 1 rings (SSSR count). The van der Waals surface area contributed by atoms with Crippen LogP contribution in [0, 0.1) is 6.92 Å². The molecule has 5 heteroatoms. The van der Waals surface area contributed by atoms with Crippen molar-refractivity contribution < 1.29 is 4.79 Å². The molecule has 78 valence electrons. The number of halogens is 1. The van der Waals surface area contributed by atoms with Crippen molar-refractivity contribution in [1.82, 2.24) is 5.32 Å². The first kappa shape index (κ1) is 11.7. The van der Waals surface area contributed by atoms with Crippen molar-refractivity contribution in [3.8, 4) is 0 Å². The van der Waals surface area contributed by atoms with Gasteiger partial charge in [-0.2, -0.15) is 0 Å². The van der Waals surface area contributed by atoms with Gasteiger partial charge in [0.25, 0.3) is 5.91 Å². The van der Waals surface area contributed by atoms with Gasteiger partial charge in [0.15, 0.2) is 0 Å². The van der Waals surface area contributed by atoms with Gasteiger partial charge in [-0.3, -0.25) is 4.79 Å². The number of aryl methyl sites for hydroxylation is 1. The van der Waals surface area contributed by atoms with Crippen molar-refractivity contribution in [3.63, 3.8) is 0 Å². The highest BCUT2D eigenvalue weighted by molar-refractivity contribution is 9.11. The SMILES string of the molecule is Cc1cc(C(=O)N[C@H](C)CN)c(Br)s1. The average Bonchev–Trinajstić information content (AvgIpc) is 2.45. The molecule has 0 radical (unpaired) electrons. The Morgan fingerprint density at radius 2 is 2.43 bits per heavy atom. The van der Waals surface area contributed by atoms with E-state index in [1.54, 1.807) is 11.3 Å². The van der Waals surface area contributed by atoms with Crippen LogP contribution < -0.4 is 11.1 Å². The fourth-order valence-corrected chi connectivity index (χ4v) is 2.78. The minimum absolute atomic E-state index is 0.00889. The van der Waals surface area contributed by atoms with Gasteiger partial charge in [0.2, 0.25) is 0 Å². The van der Waals surface area contributed by atoms with Crippen molar-refractivity contribution in [2.75, 3.05) is 6.54 Å². The van der Waals surface area contributed by atoms with E-state index in [9.17, 15) is 4.79 Å². The van der Waals surface area contributed by atoms with Crippen LogP contribution in [0.2, 0.25) is 0 Å². The average molecular weight is 277 g/mol. The van der Waals surface area contributed by atoms with E-state index >= 15 is 0 Å². The fourth-order valence-electron chi connectivity index (χ4n) is 1.00. The molecule has 0 aliphatic carbocycles. The molecule has 0 fully saturated rings. The Balaban J connectivity index is 2.74. The molecule has 14 heavy (non-hydrogen) atoms. The lowest BCUT2D eigenvalue weighted by Crippen LogP contribution is -2.37. The third-order valence-electron chi connectivity index (χ3n) is 1.79. The second-order valence-electron chi connectivity index (χ2n) is 3.15. The van der Waals surface area contributed by atoms with E-state index in [1.807, 2.05) is 19.9 Å². The number of carbonyl (C=O) groups is 1. The van der Waals surface area contributed by atoms with Crippen LogP contribution >= 0.6 is 27.3 Å². The monoisotopic (exact) mass is 276 g/mol. The maximum atomic E-state index is 11.7. The molecule has 1 aromatic rings. The largest absolute Gasteiger partial charge is 0.348 e. The van der Waals surface area contributed by atoms with Crippen LogP contribution in [0.3, 0.4) is 0 Å². The number of thiophene rings is 1. The molecule has 0 spiro atoms. The summed E-state index contributed by atoms with van der Waals surface area (Å²) in [6.07, 6.45) is 0. The standard InChI is InChI=1S/C9H13BrN2OS/c1-5(4-11)12-9(13)7-3-6(2)14-8(7)10/h3,5H,4,11H2,1-2H3,(H,12,13)/t5-/m1/s1. The van der Waals surface area contributed by atoms with Crippen LogP contribution in [0.4, 0.5) is 0 Å². The van der Waals surface area contributed by atoms with Gasteiger partial charge >= 0.3 is 0 Å². The zero-order chi connectivity index (χ0) is 10.7. The van der Waals surface area contributed by atoms with Gasteiger partial charge in [-0.15, -0.1) is 11.3 Å². The quantitative estimate of drug-likeness (QED) is 0.886. The van der Waals surface area contributed by atoms with Gasteiger partial charge in [-0.05, 0) is 35.8 Å². The number of hydrogen-bond donors (Lipinski definition) is 2.